The minimum atomic E-state index is 0.193. The maximum Gasteiger partial charge on any atom is 0.0936 e. The number of nitrogens with zero attached hydrogens (tertiary/aromatic N) is 2. The maximum absolute atomic E-state index is 5.64. The van der Waals surface area contributed by atoms with Gasteiger partial charge in [-0.25, -0.2) is 0 Å². The molecule has 2 heterocycles. The van der Waals surface area contributed by atoms with E-state index in [0.29, 0.717) is 13.2 Å². The molecule has 0 amide bonds. The molecule has 100 valence electrons. The number of hydrogen-bond donors (Lipinski definition) is 0. The number of rotatable bonds is 5. The molecular formula is C14H22N2O2. The van der Waals surface area contributed by atoms with E-state index < -0.39 is 0 Å². The average Bonchev–Trinajstić information content (AvgIpc) is 2.40. The van der Waals surface area contributed by atoms with Gasteiger partial charge < -0.3 is 9.47 Å². The van der Waals surface area contributed by atoms with Gasteiger partial charge in [-0.15, -0.1) is 0 Å². The van der Waals surface area contributed by atoms with Crippen LogP contribution in [0.25, 0.3) is 0 Å². The molecule has 0 radical (unpaired) electrons. The van der Waals surface area contributed by atoms with Crippen LogP contribution in [-0.4, -0.2) is 49.4 Å². The zero-order valence-corrected chi connectivity index (χ0v) is 11.3. The van der Waals surface area contributed by atoms with Crippen LogP contribution in [0, 0.1) is 0 Å². The SMILES string of the molecule is CCc1ccc(CN(C)CC2COCCO2)nc1. The minimum absolute atomic E-state index is 0.193. The van der Waals surface area contributed by atoms with Gasteiger partial charge >= 0.3 is 0 Å². The largest absolute Gasteiger partial charge is 0.376 e. The van der Waals surface area contributed by atoms with Crippen molar-refractivity contribution < 1.29 is 9.47 Å². The summed E-state index contributed by atoms with van der Waals surface area (Å²) in [7, 11) is 2.09. The second-order valence-corrected chi connectivity index (χ2v) is 4.78. The Morgan fingerprint density at radius 3 is 2.89 bits per heavy atom. The van der Waals surface area contributed by atoms with Crippen molar-refractivity contribution in [1.82, 2.24) is 9.88 Å². The van der Waals surface area contributed by atoms with Crippen LogP contribution in [0.1, 0.15) is 18.2 Å². The number of aryl methyl sites for hydroxylation is 1. The Morgan fingerprint density at radius 1 is 1.39 bits per heavy atom. The van der Waals surface area contributed by atoms with Crippen LogP contribution in [0.5, 0.6) is 0 Å². The van der Waals surface area contributed by atoms with Crippen LogP contribution in [0.2, 0.25) is 0 Å². The van der Waals surface area contributed by atoms with Gasteiger partial charge in [0.1, 0.15) is 0 Å². The third-order valence-electron chi connectivity index (χ3n) is 3.13. The summed E-state index contributed by atoms with van der Waals surface area (Å²) in [6.45, 7) is 6.01. The topological polar surface area (TPSA) is 34.6 Å². The highest BCUT2D eigenvalue weighted by Crippen LogP contribution is 2.07. The molecule has 2 rings (SSSR count). The minimum Gasteiger partial charge on any atom is -0.376 e. The Labute approximate surface area is 109 Å². The van der Waals surface area contributed by atoms with Crippen LogP contribution < -0.4 is 0 Å². The molecule has 0 aliphatic carbocycles. The van der Waals surface area contributed by atoms with Gasteiger partial charge in [-0.2, -0.15) is 0 Å². The first-order valence-corrected chi connectivity index (χ1v) is 6.59. The average molecular weight is 250 g/mol. The molecule has 4 heteroatoms. The van der Waals surface area contributed by atoms with Gasteiger partial charge in [0.2, 0.25) is 0 Å². The number of aromatic nitrogens is 1. The molecule has 1 aromatic heterocycles. The van der Waals surface area contributed by atoms with E-state index in [-0.39, 0.29) is 6.10 Å². The molecule has 0 bridgehead atoms. The van der Waals surface area contributed by atoms with E-state index in [2.05, 4.69) is 36.0 Å². The maximum atomic E-state index is 5.64. The highest BCUT2D eigenvalue weighted by atomic mass is 16.6. The van der Waals surface area contributed by atoms with Crippen LogP contribution in [-0.2, 0) is 22.4 Å². The molecule has 1 aliphatic rings. The quantitative estimate of drug-likeness (QED) is 0.793. The number of hydrogen-bond acceptors (Lipinski definition) is 4. The number of likely N-dealkylation sites (N-methyl/N-ethyl adjacent to an activating group) is 1. The van der Waals surface area contributed by atoms with E-state index in [1.54, 1.807) is 0 Å². The second-order valence-electron chi connectivity index (χ2n) is 4.78. The summed E-state index contributed by atoms with van der Waals surface area (Å²) < 4.78 is 11.0. The van der Waals surface area contributed by atoms with Gasteiger partial charge in [0.25, 0.3) is 0 Å². The van der Waals surface area contributed by atoms with E-state index in [9.17, 15) is 0 Å². The lowest BCUT2D eigenvalue weighted by Crippen LogP contribution is -2.38. The Kier molecular flexibility index (Phi) is 5.11. The van der Waals surface area contributed by atoms with Crippen LogP contribution in [0.3, 0.4) is 0 Å². The molecule has 0 spiro atoms. The van der Waals surface area contributed by atoms with Crippen molar-refractivity contribution in [1.29, 1.82) is 0 Å². The summed E-state index contributed by atoms with van der Waals surface area (Å²) in [5.74, 6) is 0. The van der Waals surface area contributed by atoms with Crippen molar-refractivity contribution in [2.24, 2.45) is 0 Å². The van der Waals surface area contributed by atoms with Gasteiger partial charge in [-0.3, -0.25) is 9.88 Å². The van der Waals surface area contributed by atoms with Gasteiger partial charge in [0.05, 0.1) is 31.6 Å². The lowest BCUT2D eigenvalue weighted by Gasteiger charge is -2.27. The van der Waals surface area contributed by atoms with Crippen LogP contribution in [0.4, 0.5) is 0 Å². The van der Waals surface area contributed by atoms with Gasteiger partial charge in [-0.05, 0) is 25.1 Å². The normalized spacial score (nSPS) is 20.3. The summed E-state index contributed by atoms with van der Waals surface area (Å²) in [4.78, 5) is 6.70. The molecule has 1 saturated heterocycles. The van der Waals surface area contributed by atoms with Gasteiger partial charge in [-0.1, -0.05) is 13.0 Å². The summed E-state index contributed by atoms with van der Waals surface area (Å²) in [5, 5.41) is 0. The monoisotopic (exact) mass is 250 g/mol. The third-order valence-corrected chi connectivity index (χ3v) is 3.13. The van der Waals surface area contributed by atoms with Crippen LogP contribution in [0.15, 0.2) is 18.3 Å². The van der Waals surface area contributed by atoms with Crippen molar-refractivity contribution in [2.75, 3.05) is 33.4 Å². The summed E-state index contributed by atoms with van der Waals surface area (Å²) in [6.07, 6.45) is 3.19. The zero-order chi connectivity index (χ0) is 12.8. The smallest absolute Gasteiger partial charge is 0.0936 e. The molecule has 18 heavy (non-hydrogen) atoms. The molecular weight excluding hydrogens is 228 g/mol. The Hall–Kier alpha value is -0.970. The lowest BCUT2D eigenvalue weighted by atomic mass is 10.2. The molecule has 1 atom stereocenters. The van der Waals surface area contributed by atoms with Crippen molar-refractivity contribution >= 4 is 0 Å². The summed E-state index contributed by atoms with van der Waals surface area (Å²) in [6, 6.07) is 4.25. The fourth-order valence-electron chi connectivity index (χ4n) is 2.09. The first-order valence-electron chi connectivity index (χ1n) is 6.59. The Morgan fingerprint density at radius 2 is 2.28 bits per heavy atom. The summed E-state index contributed by atoms with van der Waals surface area (Å²) >= 11 is 0. The van der Waals surface area contributed by atoms with Crippen molar-refractivity contribution in [2.45, 2.75) is 26.0 Å². The molecule has 1 aliphatic heterocycles. The third kappa shape index (κ3) is 4.05. The molecule has 0 saturated carbocycles. The first kappa shape index (κ1) is 13.5. The fraction of sp³-hybridized carbons (Fsp3) is 0.643. The van der Waals surface area contributed by atoms with Gasteiger partial charge in [0.15, 0.2) is 0 Å². The molecule has 1 unspecified atom stereocenters. The standard InChI is InChI=1S/C14H22N2O2/c1-3-12-4-5-13(15-8-12)9-16(2)10-14-11-17-6-7-18-14/h4-5,8,14H,3,6-7,9-11H2,1-2H3. The van der Waals surface area contributed by atoms with E-state index >= 15 is 0 Å². The Balaban J connectivity index is 1.80. The van der Waals surface area contributed by atoms with Crippen LogP contribution >= 0.6 is 0 Å². The molecule has 1 aromatic rings. The van der Waals surface area contributed by atoms with E-state index in [1.165, 1.54) is 5.56 Å². The zero-order valence-electron chi connectivity index (χ0n) is 11.3. The molecule has 1 fully saturated rings. The Bertz CT molecular complexity index is 347. The van der Waals surface area contributed by atoms with Crippen molar-refractivity contribution in [3.63, 3.8) is 0 Å². The van der Waals surface area contributed by atoms with Gasteiger partial charge in [0, 0.05) is 19.3 Å². The molecule has 0 aromatic carbocycles. The number of ether oxygens (including phenoxy) is 2. The molecule has 0 N–H and O–H groups in total. The fourth-order valence-corrected chi connectivity index (χ4v) is 2.09. The number of pyridine rings is 1. The van der Waals surface area contributed by atoms with Crippen molar-refractivity contribution in [3.05, 3.63) is 29.6 Å². The second kappa shape index (κ2) is 6.83. The lowest BCUT2D eigenvalue weighted by molar-refractivity contribution is -0.0963. The highest BCUT2D eigenvalue weighted by Gasteiger charge is 2.16. The van der Waals surface area contributed by atoms with E-state index in [0.717, 1.165) is 31.8 Å². The highest BCUT2D eigenvalue weighted by molar-refractivity contribution is 5.13. The molecule has 4 nitrogen and oxygen atoms in total. The predicted octanol–water partition coefficient (Wildman–Crippen LogP) is 1.49. The van der Waals surface area contributed by atoms with Crippen molar-refractivity contribution in [3.8, 4) is 0 Å². The van der Waals surface area contributed by atoms with E-state index in [4.69, 9.17) is 9.47 Å². The summed E-state index contributed by atoms with van der Waals surface area (Å²) in [5.41, 5.74) is 2.39. The van der Waals surface area contributed by atoms with E-state index in [1.807, 2.05) is 6.20 Å². The predicted molar refractivity (Wildman–Crippen MR) is 70.5 cm³/mol. The first-order chi connectivity index (χ1) is 8.78.